The molecule has 0 saturated carbocycles. The third-order valence-corrected chi connectivity index (χ3v) is 3.89. The van der Waals surface area contributed by atoms with E-state index in [1.165, 1.54) is 18.4 Å². The van der Waals surface area contributed by atoms with Crippen LogP contribution < -0.4 is 0 Å². The summed E-state index contributed by atoms with van der Waals surface area (Å²) in [6.45, 7) is 7.09. The Labute approximate surface area is 111 Å². The van der Waals surface area contributed by atoms with E-state index in [1.54, 1.807) is 0 Å². The Morgan fingerprint density at radius 1 is 1.28 bits per heavy atom. The van der Waals surface area contributed by atoms with E-state index < -0.39 is 0 Å². The van der Waals surface area contributed by atoms with Crippen molar-refractivity contribution >= 4 is 0 Å². The zero-order valence-corrected chi connectivity index (χ0v) is 11.5. The molecule has 3 nitrogen and oxygen atoms in total. The standard InChI is InChI=1S/C15H23N3/c1-13-6-3-7-14(2)15(13)12-18(10-4-8-16)11-5-9-17/h6,14-15H,3-5,7,10-12H2,1-2H3/t14-,15-/m0/s1. The minimum Gasteiger partial charge on any atom is -0.301 e. The number of nitrogens with zero attached hydrogens (tertiary/aromatic N) is 3. The van der Waals surface area contributed by atoms with Crippen LogP contribution in [-0.4, -0.2) is 24.5 Å². The van der Waals surface area contributed by atoms with Crippen molar-refractivity contribution < 1.29 is 0 Å². The molecule has 1 rings (SSSR count). The molecule has 0 radical (unpaired) electrons. The average Bonchev–Trinajstić information content (AvgIpc) is 2.36. The molecule has 0 aromatic carbocycles. The van der Waals surface area contributed by atoms with Gasteiger partial charge in [0.15, 0.2) is 0 Å². The average molecular weight is 245 g/mol. The first kappa shape index (κ1) is 14.7. The molecule has 0 heterocycles. The molecule has 0 amide bonds. The van der Waals surface area contributed by atoms with Gasteiger partial charge in [0, 0.05) is 32.5 Å². The Morgan fingerprint density at radius 3 is 2.39 bits per heavy atom. The van der Waals surface area contributed by atoms with Crippen LogP contribution in [0.4, 0.5) is 0 Å². The van der Waals surface area contributed by atoms with Crippen molar-refractivity contribution in [3.8, 4) is 12.1 Å². The minimum atomic E-state index is 0.551. The predicted octanol–water partition coefficient (Wildman–Crippen LogP) is 3.11. The van der Waals surface area contributed by atoms with Crippen molar-refractivity contribution in [3.05, 3.63) is 11.6 Å². The first-order valence-electron chi connectivity index (χ1n) is 6.82. The normalized spacial score (nSPS) is 23.3. The number of hydrogen-bond donors (Lipinski definition) is 0. The highest BCUT2D eigenvalue weighted by atomic mass is 15.1. The third kappa shape index (κ3) is 4.51. The fourth-order valence-electron chi connectivity index (χ4n) is 2.69. The molecule has 0 fully saturated rings. The molecule has 3 heteroatoms. The summed E-state index contributed by atoms with van der Waals surface area (Å²) in [6, 6.07) is 4.39. The second-order valence-electron chi connectivity index (χ2n) is 5.23. The van der Waals surface area contributed by atoms with Crippen LogP contribution >= 0.6 is 0 Å². The summed E-state index contributed by atoms with van der Waals surface area (Å²) in [5.41, 5.74) is 1.48. The van der Waals surface area contributed by atoms with Crippen LogP contribution in [0.1, 0.15) is 39.5 Å². The second kappa shape index (κ2) is 7.90. The molecule has 1 aliphatic carbocycles. The van der Waals surface area contributed by atoms with Crippen molar-refractivity contribution in [2.45, 2.75) is 39.5 Å². The lowest BCUT2D eigenvalue weighted by molar-refractivity contribution is 0.212. The van der Waals surface area contributed by atoms with Crippen LogP contribution in [0.2, 0.25) is 0 Å². The quantitative estimate of drug-likeness (QED) is 0.676. The fourth-order valence-corrected chi connectivity index (χ4v) is 2.69. The Bertz CT molecular complexity index is 341. The van der Waals surface area contributed by atoms with E-state index in [0.29, 0.717) is 24.7 Å². The van der Waals surface area contributed by atoms with Crippen molar-refractivity contribution in [3.63, 3.8) is 0 Å². The highest BCUT2D eigenvalue weighted by molar-refractivity contribution is 5.09. The molecular weight excluding hydrogens is 222 g/mol. The molecule has 18 heavy (non-hydrogen) atoms. The van der Waals surface area contributed by atoms with E-state index in [2.05, 4.69) is 37.0 Å². The van der Waals surface area contributed by atoms with E-state index >= 15 is 0 Å². The smallest absolute Gasteiger partial charge is 0.0635 e. The van der Waals surface area contributed by atoms with Gasteiger partial charge in [0.2, 0.25) is 0 Å². The summed E-state index contributed by atoms with van der Waals surface area (Å²) < 4.78 is 0. The summed E-state index contributed by atoms with van der Waals surface area (Å²) in [4.78, 5) is 2.27. The van der Waals surface area contributed by atoms with Crippen LogP contribution in [-0.2, 0) is 0 Å². The highest BCUT2D eigenvalue weighted by Crippen LogP contribution is 2.30. The van der Waals surface area contributed by atoms with Gasteiger partial charge in [-0.25, -0.2) is 0 Å². The number of nitriles is 2. The number of rotatable bonds is 6. The molecule has 0 aromatic heterocycles. The predicted molar refractivity (Wildman–Crippen MR) is 72.5 cm³/mol. The maximum Gasteiger partial charge on any atom is 0.0635 e. The summed E-state index contributed by atoms with van der Waals surface area (Å²) in [6.07, 6.45) is 5.90. The van der Waals surface area contributed by atoms with Gasteiger partial charge >= 0.3 is 0 Å². The first-order valence-corrected chi connectivity index (χ1v) is 6.82. The largest absolute Gasteiger partial charge is 0.301 e. The van der Waals surface area contributed by atoms with Crippen molar-refractivity contribution in [2.75, 3.05) is 19.6 Å². The van der Waals surface area contributed by atoms with Gasteiger partial charge in [-0.15, -0.1) is 0 Å². The van der Waals surface area contributed by atoms with Crippen LogP contribution in [0.3, 0.4) is 0 Å². The molecule has 0 spiro atoms. The SMILES string of the molecule is CC1=CCC[C@H](C)[C@H]1CN(CCC#N)CCC#N. The van der Waals surface area contributed by atoms with E-state index in [1.807, 2.05) is 0 Å². The van der Waals surface area contributed by atoms with E-state index in [9.17, 15) is 0 Å². The topological polar surface area (TPSA) is 50.8 Å². The summed E-state index contributed by atoms with van der Waals surface area (Å²) in [7, 11) is 0. The van der Waals surface area contributed by atoms with Gasteiger partial charge in [0.05, 0.1) is 12.1 Å². The molecular formula is C15H23N3. The molecule has 0 saturated heterocycles. The molecule has 1 aliphatic rings. The van der Waals surface area contributed by atoms with Crippen molar-refractivity contribution in [2.24, 2.45) is 11.8 Å². The minimum absolute atomic E-state index is 0.551. The molecule has 0 unspecified atom stereocenters. The maximum atomic E-state index is 8.70. The monoisotopic (exact) mass is 245 g/mol. The summed E-state index contributed by atoms with van der Waals surface area (Å²) in [5.74, 6) is 1.30. The Morgan fingerprint density at radius 2 is 1.89 bits per heavy atom. The van der Waals surface area contributed by atoms with E-state index in [4.69, 9.17) is 10.5 Å². The van der Waals surface area contributed by atoms with Gasteiger partial charge in [-0.3, -0.25) is 0 Å². The van der Waals surface area contributed by atoms with Crippen molar-refractivity contribution in [1.82, 2.24) is 4.90 Å². The lowest BCUT2D eigenvalue weighted by atomic mass is 9.80. The molecule has 98 valence electrons. The van der Waals surface area contributed by atoms with Gasteiger partial charge in [0.25, 0.3) is 0 Å². The third-order valence-electron chi connectivity index (χ3n) is 3.89. The van der Waals surface area contributed by atoms with Crippen LogP contribution in [0.15, 0.2) is 11.6 Å². The number of allylic oxidation sites excluding steroid dienone is 1. The Balaban J connectivity index is 2.58. The lowest BCUT2D eigenvalue weighted by Crippen LogP contribution is -2.35. The van der Waals surface area contributed by atoms with Gasteiger partial charge in [0.1, 0.15) is 0 Å². The fraction of sp³-hybridized carbons (Fsp3) is 0.733. The van der Waals surface area contributed by atoms with Crippen molar-refractivity contribution in [1.29, 1.82) is 10.5 Å². The summed E-state index contributed by atoms with van der Waals surface area (Å²) >= 11 is 0. The highest BCUT2D eigenvalue weighted by Gasteiger charge is 2.24. The number of hydrogen-bond acceptors (Lipinski definition) is 3. The molecule has 0 N–H and O–H groups in total. The van der Waals surface area contributed by atoms with Gasteiger partial charge in [-0.2, -0.15) is 10.5 Å². The Hall–Kier alpha value is -1.32. The zero-order valence-electron chi connectivity index (χ0n) is 11.5. The molecule has 0 bridgehead atoms. The first-order chi connectivity index (χ1) is 8.69. The molecule has 2 atom stereocenters. The van der Waals surface area contributed by atoms with Gasteiger partial charge < -0.3 is 4.90 Å². The molecule has 0 aliphatic heterocycles. The van der Waals surface area contributed by atoms with Crippen LogP contribution in [0.25, 0.3) is 0 Å². The van der Waals surface area contributed by atoms with E-state index in [0.717, 1.165) is 19.6 Å². The van der Waals surface area contributed by atoms with Crippen LogP contribution in [0, 0.1) is 34.5 Å². The van der Waals surface area contributed by atoms with Crippen LogP contribution in [0.5, 0.6) is 0 Å². The second-order valence-corrected chi connectivity index (χ2v) is 5.23. The van der Waals surface area contributed by atoms with Gasteiger partial charge in [-0.05, 0) is 31.6 Å². The summed E-state index contributed by atoms with van der Waals surface area (Å²) in [5, 5.41) is 17.4. The molecule has 0 aromatic rings. The van der Waals surface area contributed by atoms with E-state index in [-0.39, 0.29) is 0 Å². The lowest BCUT2D eigenvalue weighted by Gasteiger charge is -2.33. The maximum absolute atomic E-state index is 8.70. The Kier molecular flexibility index (Phi) is 6.47. The van der Waals surface area contributed by atoms with Gasteiger partial charge in [-0.1, -0.05) is 18.6 Å². The zero-order chi connectivity index (χ0) is 13.4.